The number of nitrogens with zero attached hydrogens (tertiary/aromatic N) is 1. The highest BCUT2D eigenvalue weighted by molar-refractivity contribution is 5.96. The van der Waals surface area contributed by atoms with Crippen molar-refractivity contribution in [3.8, 4) is 5.88 Å². The maximum atomic E-state index is 13.4. The minimum absolute atomic E-state index is 0.00617. The van der Waals surface area contributed by atoms with E-state index in [9.17, 15) is 18.0 Å². The zero-order valence-electron chi connectivity index (χ0n) is 13.3. The Morgan fingerprint density at radius 3 is 2.56 bits per heavy atom. The lowest BCUT2D eigenvalue weighted by atomic mass is 10.1. The molecule has 0 unspecified atom stereocenters. The van der Waals surface area contributed by atoms with Crippen molar-refractivity contribution in [1.82, 2.24) is 10.3 Å². The molecule has 4 nitrogen and oxygen atoms in total. The molecule has 1 atom stereocenters. The van der Waals surface area contributed by atoms with Crippen molar-refractivity contribution in [2.24, 2.45) is 5.92 Å². The summed E-state index contributed by atoms with van der Waals surface area (Å²) in [5.74, 6) is -0.379. The number of aromatic nitrogens is 1. The lowest BCUT2D eigenvalue weighted by Gasteiger charge is -2.22. The van der Waals surface area contributed by atoms with Gasteiger partial charge < -0.3 is 10.1 Å². The Kier molecular flexibility index (Phi) is 4.92. The van der Waals surface area contributed by atoms with Crippen LogP contribution in [0.2, 0.25) is 0 Å². The number of halogens is 3. The fourth-order valence-corrected chi connectivity index (χ4v) is 2.37. The molecule has 1 aromatic heterocycles. The third-order valence-corrected chi connectivity index (χ3v) is 3.90. The average molecular weight is 350 g/mol. The zero-order valence-corrected chi connectivity index (χ0v) is 13.3. The Morgan fingerprint density at radius 2 is 1.92 bits per heavy atom. The van der Waals surface area contributed by atoms with Gasteiger partial charge in [-0.25, -0.2) is 4.98 Å². The molecule has 1 amide bonds. The van der Waals surface area contributed by atoms with Gasteiger partial charge in [0, 0.05) is 6.20 Å². The van der Waals surface area contributed by atoms with E-state index in [1.807, 2.05) is 5.32 Å². The highest BCUT2D eigenvalue weighted by Crippen LogP contribution is 2.33. The van der Waals surface area contributed by atoms with Gasteiger partial charge in [0.15, 0.2) is 6.04 Å². The van der Waals surface area contributed by atoms with Gasteiger partial charge in [0.25, 0.3) is 5.91 Å². The molecule has 2 aromatic rings. The van der Waals surface area contributed by atoms with E-state index in [0.29, 0.717) is 12.5 Å². The number of amides is 1. The van der Waals surface area contributed by atoms with Crippen molar-refractivity contribution in [3.63, 3.8) is 0 Å². The van der Waals surface area contributed by atoms with Crippen LogP contribution in [-0.2, 0) is 0 Å². The zero-order chi connectivity index (χ0) is 17.9. The van der Waals surface area contributed by atoms with Crippen molar-refractivity contribution < 1.29 is 22.7 Å². The molecule has 0 aliphatic heterocycles. The number of pyridine rings is 1. The smallest absolute Gasteiger partial charge is 0.412 e. The van der Waals surface area contributed by atoms with Crippen LogP contribution in [0.4, 0.5) is 13.2 Å². The molecule has 1 fully saturated rings. The van der Waals surface area contributed by atoms with Crippen molar-refractivity contribution in [3.05, 3.63) is 59.8 Å². The molecule has 1 aliphatic rings. The quantitative estimate of drug-likeness (QED) is 0.860. The minimum atomic E-state index is -4.62. The van der Waals surface area contributed by atoms with Gasteiger partial charge in [-0.15, -0.1) is 0 Å². The molecule has 0 spiro atoms. The van der Waals surface area contributed by atoms with Gasteiger partial charge in [-0.2, -0.15) is 13.2 Å². The maximum Gasteiger partial charge on any atom is 0.412 e. The van der Waals surface area contributed by atoms with E-state index in [1.54, 1.807) is 6.07 Å². The fourth-order valence-electron chi connectivity index (χ4n) is 2.37. The maximum absolute atomic E-state index is 13.4. The van der Waals surface area contributed by atoms with E-state index in [1.165, 1.54) is 42.6 Å². The van der Waals surface area contributed by atoms with Gasteiger partial charge in [0.1, 0.15) is 5.56 Å². The monoisotopic (exact) mass is 350 g/mol. The second-order valence-electron chi connectivity index (χ2n) is 5.97. The number of carbonyl (C=O) groups excluding carboxylic acids is 1. The molecule has 25 heavy (non-hydrogen) atoms. The summed E-state index contributed by atoms with van der Waals surface area (Å²) in [6.45, 7) is 0.415. The second kappa shape index (κ2) is 7.13. The summed E-state index contributed by atoms with van der Waals surface area (Å²) in [6.07, 6.45) is -1.07. The van der Waals surface area contributed by atoms with E-state index >= 15 is 0 Å². The summed E-state index contributed by atoms with van der Waals surface area (Å²) in [4.78, 5) is 16.4. The Balaban J connectivity index is 1.79. The number of hydrogen-bond donors (Lipinski definition) is 1. The minimum Gasteiger partial charge on any atom is -0.477 e. The molecule has 0 saturated heterocycles. The normalized spacial score (nSPS) is 15.5. The lowest BCUT2D eigenvalue weighted by molar-refractivity contribution is -0.155. The molecular formula is C18H17F3N2O2. The second-order valence-corrected chi connectivity index (χ2v) is 5.97. The van der Waals surface area contributed by atoms with Crippen LogP contribution in [0.25, 0.3) is 0 Å². The summed E-state index contributed by atoms with van der Waals surface area (Å²) >= 11 is 0. The molecule has 1 aromatic carbocycles. The van der Waals surface area contributed by atoms with Crippen LogP contribution >= 0.6 is 0 Å². The summed E-state index contributed by atoms with van der Waals surface area (Å²) in [6, 6.07) is 8.05. The third-order valence-electron chi connectivity index (χ3n) is 3.90. The average Bonchev–Trinajstić information content (AvgIpc) is 3.42. The van der Waals surface area contributed by atoms with Crippen molar-refractivity contribution in [2.45, 2.75) is 25.1 Å². The topological polar surface area (TPSA) is 51.2 Å². The molecule has 7 heteroatoms. The fraction of sp³-hybridized carbons (Fsp3) is 0.333. The highest BCUT2D eigenvalue weighted by atomic mass is 19.4. The molecule has 132 valence electrons. The number of carbonyl (C=O) groups is 1. The van der Waals surface area contributed by atoms with Crippen LogP contribution in [-0.4, -0.2) is 23.7 Å². The molecule has 1 heterocycles. The van der Waals surface area contributed by atoms with Crippen LogP contribution in [0, 0.1) is 5.92 Å². The van der Waals surface area contributed by atoms with Crippen molar-refractivity contribution in [2.75, 3.05) is 6.61 Å². The number of benzene rings is 1. The van der Waals surface area contributed by atoms with Crippen LogP contribution in [0.5, 0.6) is 5.88 Å². The van der Waals surface area contributed by atoms with Gasteiger partial charge >= 0.3 is 6.18 Å². The number of ether oxygens (including phenoxy) is 1. The van der Waals surface area contributed by atoms with Gasteiger partial charge in [-0.05, 0) is 36.5 Å². The predicted molar refractivity (Wildman–Crippen MR) is 85.2 cm³/mol. The molecular weight excluding hydrogens is 333 g/mol. The largest absolute Gasteiger partial charge is 0.477 e. The molecule has 0 bridgehead atoms. The first-order valence-electron chi connectivity index (χ1n) is 7.95. The van der Waals surface area contributed by atoms with Crippen LogP contribution < -0.4 is 10.1 Å². The first kappa shape index (κ1) is 17.3. The number of alkyl halides is 3. The van der Waals surface area contributed by atoms with Gasteiger partial charge in [-0.1, -0.05) is 30.3 Å². The Hall–Kier alpha value is -2.57. The third kappa shape index (κ3) is 4.49. The summed E-state index contributed by atoms with van der Waals surface area (Å²) in [5, 5.41) is 2.05. The predicted octanol–water partition coefficient (Wildman–Crippen LogP) is 3.90. The Bertz CT molecular complexity index is 731. The van der Waals surface area contributed by atoms with Gasteiger partial charge in [-0.3, -0.25) is 4.79 Å². The standard InChI is InChI=1S/C18H17F3N2O2/c19-18(20,21)15(13-5-2-1-3-6-13)23-16(24)14-7-4-10-22-17(14)25-11-12-8-9-12/h1-7,10,12,15H,8-9,11H2,(H,23,24)/t15-/m1/s1. The van der Waals surface area contributed by atoms with Gasteiger partial charge in [0.2, 0.25) is 5.88 Å². The Labute approximate surface area is 143 Å². The van der Waals surface area contributed by atoms with E-state index in [0.717, 1.165) is 12.8 Å². The summed E-state index contributed by atoms with van der Waals surface area (Å²) < 4.78 is 45.7. The van der Waals surface area contributed by atoms with Crippen LogP contribution in [0.15, 0.2) is 48.7 Å². The van der Waals surface area contributed by atoms with Crippen molar-refractivity contribution >= 4 is 5.91 Å². The van der Waals surface area contributed by atoms with Gasteiger partial charge in [0.05, 0.1) is 6.61 Å². The highest BCUT2D eigenvalue weighted by Gasteiger charge is 2.42. The number of rotatable bonds is 6. The summed E-state index contributed by atoms with van der Waals surface area (Å²) in [5.41, 5.74) is -0.0407. The molecule has 1 saturated carbocycles. The first-order valence-corrected chi connectivity index (χ1v) is 7.95. The van der Waals surface area contributed by atoms with E-state index in [-0.39, 0.29) is 17.0 Å². The lowest BCUT2D eigenvalue weighted by Crippen LogP contribution is -2.38. The SMILES string of the molecule is O=C(N[C@H](c1ccccc1)C(F)(F)F)c1cccnc1OCC1CC1. The summed E-state index contributed by atoms with van der Waals surface area (Å²) in [7, 11) is 0. The van der Waals surface area contributed by atoms with Crippen molar-refractivity contribution in [1.29, 1.82) is 0 Å². The molecule has 3 rings (SSSR count). The molecule has 0 radical (unpaired) electrons. The number of nitrogens with one attached hydrogen (secondary N) is 1. The van der Waals surface area contributed by atoms with E-state index < -0.39 is 18.1 Å². The van der Waals surface area contributed by atoms with Crippen LogP contribution in [0.1, 0.15) is 34.8 Å². The first-order chi connectivity index (χ1) is 11.9. The molecule has 1 aliphatic carbocycles. The Morgan fingerprint density at radius 1 is 1.20 bits per heavy atom. The van der Waals surface area contributed by atoms with E-state index in [2.05, 4.69) is 4.98 Å². The molecule has 1 N–H and O–H groups in total. The van der Waals surface area contributed by atoms with E-state index in [4.69, 9.17) is 4.74 Å². The number of hydrogen-bond acceptors (Lipinski definition) is 3. The van der Waals surface area contributed by atoms with Crippen LogP contribution in [0.3, 0.4) is 0 Å².